The van der Waals surface area contributed by atoms with E-state index in [2.05, 4.69) is 16.6 Å². The number of esters is 1. The molecule has 0 radical (unpaired) electrons. The van der Waals surface area contributed by atoms with Gasteiger partial charge in [-0.2, -0.15) is 0 Å². The van der Waals surface area contributed by atoms with E-state index in [1.54, 1.807) is 18.2 Å². The number of carbonyl (C=O) groups excluding carboxylic acids is 2. The van der Waals surface area contributed by atoms with Gasteiger partial charge in [-0.1, -0.05) is 5.92 Å². The smallest absolute Gasteiger partial charge is 0.341 e. The Morgan fingerprint density at radius 1 is 1.18 bits per heavy atom. The van der Waals surface area contributed by atoms with E-state index in [0.717, 1.165) is 37.0 Å². The third-order valence-electron chi connectivity index (χ3n) is 6.37. The Hall–Kier alpha value is -2.68. The monoisotopic (exact) mass is 382 g/mol. The summed E-state index contributed by atoms with van der Waals surface area (Å²) in [4.78, 5) is 24.6. The molecule has 148 valence electrons. The average molecular weight is 382 g/mol. The van der Waals surface area contributed by atoms with Crippen LogP contribution in [0.4, 0.5) is 10.5 Å². The van der Waals surface area contributed by atoms with E-state index in [1.807, 2.05) is 0 Å². The summed E-state index contributed by atoms with van der Waals surface area (Å²) in [6, 6.07) is 4.62. The Labute approximate surface area is 165 Å². The van der Waals surface area contributed by atoms with Crippen LogP contribution in [0.5, 0.6) is 5.75 Å². The van der Waals surface area contributed by atoms with E-state index in [-0.39, 0.29) is 29.5 Å². The van der Waals surface area contributed by atoms with Gasteiger partial charge in [0.2, 0.25) is 0 Å². The number of nitrogens with one attached hydrogen (secondary N) is 2. The molecule has 4 fully saturated rings. The van der Waals surface area contributed by atoms with Gasteiger partial charge in [0.05, 0.1) is 7.11 Å². The van der Waals surface area contributed by atoms with Crippen molar-refractivity contribution in [3.63, 3.8) is 0 Å². The van der Waals surface area contributed by atoms with Gasteiger partial charge in [-0.3, -0.25) is 0 Å². The highest BCUT2D eigenvalue weighted by Gasteiger charge is 2.51. The quantitative estimate of drug-likeness (QED) is 0.603. The number of rotatable bonds is 5. The molecule has 2 N–H and O–H groups in total. The summed E-state index contributed by atoms with van der Waals surface area (Å²) in [5, 5.41) is 6.15. The standard InChI is InChI=1S/C22H26N2O4/c1-3-6-28-19-10-17(4-5-18(19)20(25)27-2)23-21(26)24-22-11-14-7-15(12-22)9-16(8-14)13-22/h1,4-5,10,14-16H,6-9,11-13H2,2H3,(H2,23,24,26). The maximum Gasteiger partial charge on any atom is 0.341 e. The Morgan fingerprint density at radius 3 is 2.39 bits per heavy atom. The number of ether oxygens (including phenoxy) is 2. The van der Waals surface area contributed by atoms with Crippen molar-refractivity contribution < 1.29 is 19.1 Å². The first-order chi connectivity index (χ1) is 13.5. The van der Waals surface area contributed by atoms with Crippen LogP contribution in [0, 0.1) is 30.1 Å². The van der Waals surface area contributed by atoms with Crippen molar-refractivity contribution in [1.29, 1.82) is 0 Å². The fourth-order valence-electron chi connectivity index (χ4n) is 5.78. The Morgan fingerprint density at radius 2 is 1.82 bits per heavy atom. The Kier molecular flexibility index (Phi) is 4.92. The minimum Gasteiger partial charge on any atom is -0.480 e. The van der Waals surface area contributed by atoms with Gasteiger partial charge in [0, 0.05) is 17.3 Å². The van der Waals surface area contributed by atoms with Gasteiger partial charge in [0.15, 0.2) is 0 Å². The molecule has 5 rings (SSSR count). The molecule has 0 aliphatic heterocycles. The molecule has 0 saturated heterocycles. The van der Waals surface area contributed by atoms with Crippen LogP contribution in [0.3, 0.4) is 0 Å². The second kappa shape index (κ2) is 7.38. The van der Waals surface area contributed by atoms with Crippen LogP contribution >= 0.6 is 0 Å². The molecule has 4 aliphatic rings. The largest absolute Gasteiger partial charge is 0.480 e. The van der Waals surface area contributed by atoms with Gasteiger partial charge in [-0.05, 0) is 68.4 Å². The van der Waals surface area contributed by atoms with Crippen LogP contribution in [0.1, 0.15) is 48.9 Å². The second-order valence-corrected chi connectivity index (χ2v) is 8.47. The molecule has 0 spiro atoms. The zero-order valence-electron chi connectivity index (χ0n) is 16.1. The third-order valence-corrected chi connectivity index (χ3v) is 6.37. The van der Waals surface area contributed by atoms with Crippen molar-refractivity contribution in [2.45, 2.75) is 44.1 Å². The van der Waals surface area contributed by atoms with Gasteiger partial charge in [-0.15, -0.1) is 6.42 Å². The Balaban J connectivity index is 1.45. The van der Waals surface area contributed by atoms with Crippen LogP contribution < -0.4 is 15.4 Å². The zero-order chi connectivity index (χ0) is 19.7. The zero-order valence-corrected chi connectivity index (χ0v) is 16.1. The van der Waals surface area contributed by atoms with E-state index in [0.29, 0.717) is 5.69 Å². The van der Waals surface area contributed by atoms with Crippen molar-refractivity contribution in [2.24, 2.45) is 17.8 Å². The summed E-state index contributed by atoms with van der Waals surface area (Å²) >= 11 is 0. The lowest BCUT2D eigenvalue weighted by Gasteiger charge is -2.56. The van der Waals surface area contributed by atoms with E-state index >= 15 is 0 Å². The molecule has 2 amide bonds. The van der Waals surface area contributed by atoms with E-state index in [9.17, 15) is 9.59 Å². The highest BCUT2D eigenvalue weighted by molar-refractivity contribution is 5.95. The molecule has 0 heterocycles. The second-order valence-electron chi connectivity index (χ2n) is 8.47. The van der Waals surface area contributed by atoms with Gasteiger partial charge >= 0.3 is 12.0 Å². The van der Waals surface area contributed by atoms with Crippen molar-refractivity contribution in [2.75, 3.05) is 19.0 Å². The van der Waals surface area contributed by atoms with Crippen molar-refractivity contribution in [3.8, 4) is 18.1 Å². The SMILES string of the molecule is C#CCOc1cc(NC(=O)NC23CC4CC(CC(C4)C2)C3)ccc1C(=O)OC. The minimum absolute atomic E-state index is 0.0208. The predicted octanol–water partition coefficient (Wildman–Crippen LogP) is 3.58. The lowest BCUT2D eigenvalue weighted by molar-refractivity contribution is -0.0127. The number of hydrogen-bond donors (Lipinski definition) is 2. The molecule has 4 aliphatic carbocycles. The van der Waals surface area contributed by atoms with Crippen LogP contribution in [0.2, 0.25) is 0 Å². The highest BCUT2D eigenvalue weighted by atomic mass is 16.5. The van der Waals surface area contributed by atoms with Gasteiger partial charge in [0.25, 0.3) is 0 Å². The number of methoxy groups -OCH3 is 1. The number of benzene rings is 1. The number of carbonyl (C=O) groups is 2. The van der Waals surface area contributed by atoms with Crippen molar-refractivity contribution in [1.82, 2.24) is 5.32 Å². The van der Waals surface area contributed by atoms with Crippen LogP contribution in [-0.4, -0.2) is 31.3 Å². The number of amides is 2. The molecule has 0 aromatic heterocycles. The van der Waals surface area contributed by atoms with Gasteiger partial charge < -0.3 is 20.1 Å². The third kappa shape index (κ3) is 3.66. The normalized spacial score (nSPS) is 29.6. The summed E-state index contributed by atoms with van der Waals surface area (Å²) in [5.41, 5.74) is 0.750. The maximum absolute atomic E-state index is 12.7. The van der Waals surface area contributed by atoms with E-state index in [4.69, 9.17) is 15.9 Å². The van der Waals surface area contributed by atoms with Crippen molar-refractivity contribution >= 4 is 17.7 Å². The van der Waals surface area contributed by atoms with Crippen LogP contribution in [0.15, 0.2) is 18.2 Å². The topological polar surface area (TPSA) is 76.7 Å². The van der Waals surface area contributed by atoms with Gasteiger partial charge in [0.1, 0.15) is 17.9 Å². The number of urea groups is 1. The lowest BCUT2D eigenvalue weighted by Crippen LogP contribution is -2.60. The summed E-state index contributed by atoms with van der Waals surface area (Å²) in [5.74, 6) is 4.42. The predicted molar refractivity (Wildman–Crippen MR) is 105 cm³/mol. The average Bonchev–Trinajstić information content (AvgIpc) is 2.64. The molecule has 6 nitrogen and oxygen atoms in total. The molecule has 0 unspecified atom stereocenters. The van der Waals surface area contributed by atoms with E-state index < -0.39 is 5.97 Å². The molecule has 1 aromatic carbocycles. The summed E-state index contributed by atoms with van der Waals surface area (Å²) in [6.07, 6.45) is 12.5. The van der Waals surface area contributed by atoms with Gasteiger partial charge in [-0.25, -0.2) is 9.59 Å². The molecule has 0 atom stereocenters. The summed E-state index contributed by atoms with van der Waals surface area (Å²) in [6.45, 7) is 0.0208. The molecular formula is C22H26N2O4. The molecule has 6 heteroatoms. The summed E-state index contributed by atoms with van der Waals surface area (Å²) in [7, 11) is 1.30. The molecule has 28 heavy (non-hydrogen) atoms. The maximum atomic E-state index is 12.7. The van der Waals surface area contributed by atoms with Crippen molar-refractivity contribution in [3.05, 3.63) is 23.8 Å². The number of terminal acetylenes is 1. The number of hydrogen-bond acceptors (Lipinski definition) is 4. The fraction of sp³-hybridized carbons (Fsp3) is 0.545. The summed E-state index contributed by atoms with van der Waals surface area (Å²) < 4.78 is 10.2. The molecular weight excluding hydrogens is 356 g/mol. The molecule has 4 saturated carbocycles. The van der Waals surface area contributed by atoms with E-state index in [1.165, 1.54) is 26.4 Å². The van der Waals surface area contributed by atoms with Crippen LogP contribution in [-0.2, 0) is 4.74 Å². The highest BCUT2D eigenvalue weighted by Crippen LogP contribution is 2.55. The first kappa shape index (κ1) is 18.7. The lowest BCUT2D eigenvalue weighted by atomic mass is 9.53. The minimum atomic E-state index is -0.517. The molecule has 4 bridgehead atoms. The Bertz CT molecular complexity index is 791. The number of anilines is 1. The fourth-order valence-corrected chi connectivity index (χ4v) is 5.78. The van der Waals surface area contributed by atoms with Crippen LogP contribution in [0.25, 0.3) is 0 Å². The molecule has 1 aromatic rings. The first-order valence-electron chi connectivity index (χ1n) is 9.88. The first-order valence-corrected chi connectivity index (χ1v) is 9.88.